The van der Waals surface area contributed by atoms with E-state index in [0.29, 0.717) is 45.1 Å². The number of rotatable bonds is 4. The fourth-order valence-electron chi connectivity index (χ4n) is 5.04. The molecule has 1 aromatic heterocycles. The van der Waals surface area contributed by atoms with Gasteiger partial charge in [0.2, 0.25) is 5.95 Å². The van der Waals surface area contributed by atoms with Gasteiger partial charge in [-0.15, -0.1) is 0 Å². The molecular formula is C25H24Cl2N6O2. The number of ether oxygens (including phenoxy) is 1. The third-order valence-electron chi connectivity index (χ3n) is 6.72. The monoisotopic (exact) mass is 510 g/mol. The normalized spacial score (nSPS) is 21.3. The molecule has 2 fully saturated rings. The van der Waals surface area contributed by atoms with Gasteiger partial charge in [-0.2, -0.15) is 4.98 Å². The number of anilines is 5. The zero-order chi connectivity index (χ0) is 24.1. The zero-order valence-electron chi connectivity index (χ0n) is 19.1. The van der Waals surface area contributed by atoms with Crippen LogP contribution in [0.2, 0.25) is 10.0 Å². The van der Waals surface area contributed by atoms with E-state index >= 15 is 0 Å². The number of aromatic nitrogens is 2. The number of carbonyl (C=O) groups is 1. The summed E-state index contributed by atoms with van der Waals surface area (Å²) in [4.78, 5) is 28.1. The molecule has 3 aliphatic heterocycles. The van der Waals surface area contributed by atoms with Crippen LogP contribution in [0.3, 0.4) is 0 Å². The fourth-order valence-corrected chi connectivity index (χ4v) is 5.65. The van der Waals surface area contributed by atoms with E-state index in [1.54, 1.807) is 23.1 Å². The van der Waals surface area contributed by atoms with Gasteiger partial charge in [-0.3, -0.25) is 9.69 Å². The van der Waals surface area contributed by atoms with Crippen LogP contribution in [0.15, 0.2) is 48.7 Å². The van der Waals surface area contributed by atoms with Crippen molar-refractivity contribution in [1.29, 1.82) is 0 Å². The Balaban J connectivity index is 1.20. The Morgan fingerprint density at radius 1 is 1.09 bits per heavy atom. The molecule has 2 unspecified atom stereocenters. The highest BCUT2D eigenvalue weighted by molar-refractivity contribution is 6.40. The van der Waals surface area contributed by atoms with Crippen molar-refractivity contribution >= 4 is 57.9 Å². The largest absolute Gasteiger partial charge is 0.376 e. The number of amides is 1. The highest BCUT2D eigenvalue weighted by Gasteiger charge is 2.34. The molecule has 180 valence electrons. The fraction of sp³-hybridized carbons (Fsp3) is 0.320. The lowest BCUT2D eigenvalue weighted by Crippen LogP contribution is -2.46. The Labute approximate surface area is 213 Å². The average Bonchev–Trinajstić information content (AvgIpc) is 3.19. The second kappa shape index (κ2) is 8.86. The molecule has 2 bridgehead atoms. The number of hydrogen-bond donors (Lipinski definition) is 1. The number of hydrogen-bond acceptors (Lipinski definition) is 7. The summed E-state index contributed by atoms with van der Waals surface area (Å²) in [6.07, 6.45) is 3.06. The maximum atomic E-state index is 13.2. The van der Waals surface area contributed by atoms with Gasteiger partial charge in [0.25, 0.3) is 5.91 Å². The van der Waals surface area contributed by atoms with Gasteiger partial charge in [0.05, 0.1) is 35.1 Å². The van der Waals surface area contributed by atoms with Crippen LogP contribution in [0.25, 0.3) is 0 Å². The Bertz CT molecular complexity index is 1260. The Morgan fingerprint density at radius 3 is 2.60 bits per heavy atom. The molecule has 35 heavy (non-hydrogen) atoms. The van der Waals surface area contributed by atoms with Crippen molar-refractivity contribution in [3.63, 3.8) is 0 Å². The first-order valence-corrected chi connectivity index (χ1v) is 12.3. The zero-order valence-corrected chi connectivity index (χ0v) is 20.6. The van der Waals surface area contributed by atoms with E-state index in [2.05, 4.69) is 32.3 Å². The number of nitrogens with one attached hydrogen (secondary N) is 1. The average molecular weight is 511 g/mol. The molecule has 0 aliphatic carbocycles. The first kappa shape index (κ1) is 22.4. The van der Waals surface area contributed by atoms with Gasteiger partial charge in [0, 0.05) is 43.6 Å². The Morgan fingerprint density at radius 2 is 1.86 bits per heavy atom. The maximum Gasteiger partial charge on any atom is 0.265 e. The van der Waals surface area contributed by atoms with Crippen molar-refractivity contribution < 1.29 is 9.53 Å². The smallest absolute Gasteiger partial charge is 0.265 e. The minimum Gasteiger partial charge on any atom is -0.376 e. The molecule has 0 saturated carbocycles. The molecule has 10 heteroatoms. The second-order valence-electron chi connectivity index (χ2n) is 9.21. The highest BCUT2D eigenvalue weighted by atomic mass is 35.5. The lowest BCUT2D eigenvalue weighted by atomic mass is 9.99. The van der Waals surface area contributed by atoms with Crippen LogP contribution in [-0.4, -0.2) is 55.4 Å². The molecule has 0 spiro atoms. The molecular weight excluding hydrogens is 487 g/mol. The number of carbonyl (C=O) groups excluding carboxylic acids is 1. The Kier molecular flexibility index (Phi) is 5.67. The number of para-hydroxylation sites is 1. The van der Waals surface area contributed by atoms with Gasteiger partial charge in [-0.25, -0.2) is 4.98 Å². The molecule has 2 aromatic carbocycles. The lowest BCUT2D eigenvalue weighted by molar-refractivity contribution is 0.0982. The van der Waals surface area contributed by atoms with Crippen molar-refractivity contribution in [3.8, 4) is 0 Å². The first-order valence-electron chi connectivity index (χ1n) is 11.5. The van der Waals surface area contributed by atoms with Gasteiger partial charge in [-0.05, 0) is 42.8 Å². The highest BCUT2D eigenvalue weighted by Crippen LogP contribution is 2.37. The van der Waals surface area contributed by atoms with E-state index in [-0.39, 0.29) is 12.6 Å². The van der Waals surface area contributed by atoms with Crippen molar-refractivity contribution in [3.05, 3.63) is 64.3 Å². The third kappa shape index (κ3) is 4.16. The Hall–Kier alpha value is -3.07. The quantitative estimate of drug-likeness (QED) is 0.539. The van der Waals surface area contributed by atoms with E-state index < -0.39 is 0 Å². The lowest BCUT2D eigenvalue weighted by Gasteiger charge is -2.35. The second-order valence-corrected chi connectivity index (χ2v) is 10.0. The van der Waals surface area contributed by atoms with Crippen LogP contribution in [0.4, 0.5) is 28.8 Å². The van der Waals surface area contributed by atoms with Crippen molar-refractivity contribution in [1.82, 2.24) is 9.97 Å². The standard InChI is InChI=1S/C25H24Cl2N6O2/c1-31-14-33(22-20(26)3-2-4-21(22)27)24(34)19-10-28-25(30-23(19)31)29-16-5-7-17(8-6-16)32-11-15-9-18(12-32)35-13-15/h2-8,10,15,18H,9,11-14H2,1H3,(H,28,29,30). The van der Waals surface area contributed by atoms with Crippen LogP contribution in [0, 0.1) is 5.92 Å². The van der Waals surface area contributed by atoms with E-state index in [0.717, 1.165) is 25.4 Å². The molecule has 8 nitrogen and oxygen atoms in total. The predicted molar refractivity (Wildman–Crippen MR) is 138 cm³/mol. The van der Waals surface area contributed by atoms with E-state index in [1.165, 1.54) is 18.3 Å². The topological polar surface area (TPSA) is 73.8 Å². The maximum absolute atomic E-state index is 13.2. The van der Waals surface area contributed by atoms with Crippen molar-refractivity contribution in [2.24, 2.45) is 5.92 Å². The van der Waals surface area contributed by atoms with Crippen LogP contribution in [0.1, 0.15) is 16.8 Å². The molecule has 6 rings (SSSR count). The van der Waals surface area contributed by atoms with Crippen molar-refractivity contribution in [2.45, 2.75) is 12.5 Å². The SMILES string of the molecule is CN1CN(c2c(Cl)cccc2Cl)C(=O)c2cnc(Nc3ccc(N4CC5COC(C5)C4)cc3)nc21. The van der Waals surface area contributed by atoms with Gasteiger partial charge < -0.3 is 19.9 Å². The minimum atomic E-state index is -0.247. The minimum absolute atomic E-state index is 0.247. The number of piperidine rings is 1. The van der Waals surface area contributed by atoms with Crippen LogP contribution < -0.4 is 20.0 Å². The summed E-state index contributed by atoms with van der Waals surface area (Å²) in [5.41, 5.74) is 2.93. The van der Waals surface area contributed by atoms with Crippen LogP contribution >= 0.6 is 23.2 Å². The van der Waals surface area contributed by atoms with Gasteiger partial charge >= 0.3 is 0 Å². The number of benzene rings is 2. The summed E-state index contributed by atoms with van der Waals surface area (Å²) < 4.78 is 5.82. The summed E-state index contributed by atoms with van der Waals surface area (Å²) in [5, 5.41) is 4.08. The summed E-state index contributed by atoms with van der Waals surface area (Å²) in [7, 11) is 1.87. The molecule has 1 amide bonds. The molecule has 0 radical (unpaired) electrons. The first-order chi connectivity index (χ1) is 17.0. The molecule has 2 saturated heterocycles. The van der Waals surface area contributed by atoms with Crippen LogP contribution in [0.5, 0.6) is 0 Å². The predicted octanol–water partition coefficient (Wildman–Crippen LogP) is 4.81. The van der Waals surface area contributed by atoms with Gasteiger partial charge in [-0.1, -0.05) is 29.3 Å². The number of fused-ring (bicyclic) bond motifs is 3. The van der Waals surface area contributed by atoms with Crippen molar-refractivity contribution in [2.75, 3.05) is 53.4 Å². The summed E-state index contributed by atoms with van der Waals surface area (Å²) in [6.45, 7) is 3.11. The molecule has 4 heterocycles. The molecule has 3 aliphatic rings. The van der Waals surface area contributed by atoms with E-state index in [9.17, 15) is 4.79 Å². The van der Waals surface area contributed by atoms with E-state index in [1.807, 2.05) is 24.1 Å². The molecule has 3 aromatic rings. The molecule has 1 N–H and O–H groups in total. The third-order valence-corrected chi connectivity index (χ3v) is 7.33. The molecule has 2 atom stereocenters. The summed E-state index contributed by atoms with van der Waals surface area (Å²) in [5.74, 6) is 1.35. The van der Waals surface area contributed by atoms with Gasteiger partial charge in [0.1, 0.15) is 11.4 Å². The van der Waals surface area contributed by atoms with E-state index in [4.69, 9.17) is 27.9 Å². The number of halogens is 2. The van der Waals surface area contributed by atoms with Gasteiger partial charge in [0.15, 0.2) is 0 Å². The number of nitrogens with zero attached hydrogens (tertiary/aromatic N) is 5. The van der Waals surface area contributed by atoms with Crippen LogP contribution in [-0.2, 0) is 4.74 Å². The summed E-state index contributed by atoms with van der Waals surface area (Å²) in [6, 6.07) is 13.4. The summed E-state index contributed by atoms with van der Waals surface area (Å²) >= 11 is 12.7.